The van der Waals surface area contributed by atoms with Gasteiger partial charge in [-0.25, -0.2) is 0 Å². The quantitative estimate of drug-likeness (QED) is 0.890. The second kappa shape index (κ2) is 6.20. The van der Waals surface area contributed by atoms with Crippen LogP contribution in [0.15, 0.2) is 47.4 Å². The van der Waals surface area contributed by atoms with Crippen molar-refractivity contribution in [1.82, 2.24) is 4.57 Å². The molecule has 0 atom stereocenters. The molecule has 1 aromatic heterocycles. The minimum atomic E-state index is 0.0000890. The van der Waals surface area contributed by atoms with Gasteiger partial charge in [-0.15, -0.1) is 0 Å². The van der Waals surface area contributed by atoms with E-state index < -0.39 is 0 Å². The van der Waals surface area contributed by atoms with E-state index in [2.05, 4.69) is 0 Å². The average Bonchev–Trinajstić information content (AvgIpc) is 2.46. The van der Waals surface area contributed by atoms with Crippen molar-refractivity contribution in [3.8, 4) is 16.9 Å². The molecule has 0 aliphatic rings. The van der Waals surface area contributed by atoms with E-state index in [9.17, 15) is 4.79 Å². The highest BCUT2D eigenvalue weighted by atomic mass is 16.5. The summed E-state index contributed by atoms with van der Waals surface area (Å²) in [6.45, 7) is 1.23. The molecule has 0 bridgehead atoms. The maximum Gasteiger partial charge on any atom is 0.250 e. The highest BCUT2D eigenvalue weighted by Crippen LogP contribution is 2.22. The van der Waals surface area contributed by atoms with Crippen LogP contribution in [0.4, 0.5) is 0 Å². The highest BCUT2D eigenvalue weighted by molar-refractivity contribution is 5.64. The normalized spacial score (nSPS) is 10.4. The Hall–Kier alpha value is -2.07. The van der Waals surface area contributed by atoms with Crippen molar-refractivity contribution in [3.05, 3.63) is 52.9 Å². The van der Waals surface area contributed by atoms with Gasteiger partial charge >= 0.3 is 0 Å². The number of benzene rings is 1. The number of aryl methyl sites for hydroxylation is 1. The summed E-state index contributed by atoms with van der Waals surface area (Å²) < 4.78 is 6.91. The van der Waals surface area contributed by atoms with Gasteiger partial charge in [0.15, 0.2) is 0 Å². The topological polar surface area (TPSA) is 57.2 Å². The lowest BCUT2D eigenvalue weighted by Crippen LogP contribution is -2.20. The summed E-state index contributed by atoms with van der Waals surface area (Å²) in [6.07, 6.45) is 2.66. The number of methoxy groups -OCH3 is 1. The van der Waals surface area contributed by atoms with Crippen LogP contribution in [-0.2, 0) is 6.54 Å². The Morgan fingerprint density at radius 1 is 1.21 bits per heavy atom. The Morgan fingerprint density at radius 2 is 2.05 bits per heavy atom. The number of ether oxygens (including phenoxy) is 1. The predicted octanol–water partition coefficient (Wildman–Crippen LogP) is 1.87. The van der Waals surface area contributed by atoms with E-state index in [0.29, 0.717) is 13.1 Å². The molecule has 0 aliphatic carbocycles. The molecule has 0 unspecified atom stereocenters. The Balaban J connectivity index is 2.36. The monoisotopic (exact) mass is 258 g/mol. The molecule has 0 saturated carbocycles. The molecule has 4 heteroatoms. The number of rotatable bonds is 5. The summed E-state index contributed by atoms with van der Waals surface area (Å²) >= 11 is 0. The number of pyridine rings is 1. The third-order valence-electron chi connectivity index (χ3n) is 2.99. The van der Waals surface area contributed by atoms with Crippen molar-refractivity contribution in [2.24, 2.45) is 5.73 Å². The number of nitrogens with two attached hydrogens (primary N) is 1. The first-order valence-corrected chi connectivity index (χ1v) is 6.29. The summed E-state index contributed by atoms with van der Waals surface area (Å²) in [5.41, 5.74) is 7.51. The zero-order valence-electron chi connectivity index (χ0n) is 11.0. The molecule has 4 nitrogen and oxygen atoms in total. The SMILES string of the molecule is COc1cccc(-c2ccc(=O)n(CCCN)c2)c1. The molecule has 0 spiro atoms. The second-order valence-corrected chi connectivity index (χ2v) is 4.32. The fraction of sp³-hybridized carbons (Fsp3) is 0.267. The van der Waals surface area contributed by atoms with Gasteiger partial charge < -0.3 is 15.0 Å². The van der Waals surface area contributed by atoms with Crippen LogP contribution in [0.1, 0.15) is 6.42 Å². The maximum atomic E-state index is 11.7. The Labute approximate surface area is 112 Å². The van der Waals surface area contributed by atoms with Crippen molar-refractivity contribution in [1.29, 1.82) is 0 Å². The lowest BCUT2D eigenvalue weighted by atomic mass is 10.1. The fourth-order valence-corrected chi connectivity index (χ4v) is 1.94. The van der Waals surface area contributed by atoms with Crippen LogP contribution >= 0.6 is 0 Å². The standard InChI is InChI=1S/C15H18N2O2/c1-19-14-5-2-4-12(10-14)13-6-7-15(18)17(11-13)9-3-8-16/h2,4-7,10-11H,3,8-9,16H2,1H3. The molecule has 100 valence electrons. The van der Waals surface area contributed by atoms with E-state index in [4.69, 9.17) is 10.5 Å². The zero-order chi connectivity index (χ0) is 13.7. The second-order valence-electron chi connectivity index (χ2n) is 4.32. The number of aromatic nitrogens is 1. The summed E-state index contributed by atoms with van der Waals surface area (Å²) in [5.74, 6) is 0.803. The van der Waals surface area contributed by atoms with Crippen molar-refractivity contribution >= 4 is 0 Å². The first-order chi connectivity index (χ1) is 9.24. The van der Waals surface area contributed by atoms with Gasteiger partial charge in [0.05, 0.1) is 7.11 Å². The first kappa shape index (κ1) is 13.4. The summed E-state index contributed by atoms with van der Waals surface area (Å²) in [6, 6.07) is 11.2. The van der Waals surface area contributed by atoms with Gasteiger partial charge in [-0.1, -0.05) is 12.1 Å². The van der Waals surface area contributed by atoms with Gasteiger partial charge in [0, 0.05) is 18.8 Å². The van der Waals surface area contributed by atoms with Gasteiger partial charge in [0.2, 0.25) is 0 Å². The number of hydrogen-bond acceptors (Lipinski definition) is 3. The van der Waals surface area contributed by atoms with Crippen molar-refractivity contribution in [3.63, 3.8) is 0 Å². The molecule has 2 rings (SSSR count). The first-order valence-electron chi connectivity index (χ1n) is 6.29. The van der Waals surface area contributed by atoms with E-state index in [-0.39, 0.29) is 5.56 Å². The van der Waals surface area contributed by atoms with E-state index in [0.717, 1.165) is 23.3 Å². The predicted molar refractivity (Wildman–Crippen MR) is 76.4 cm³/mol. The maximum absolute atomic E-state index is 11.7. The molecule has 0 saturated heterocycles. The molecule has 2 N–H and O–H groups in total. The number of hydrogen-bond donors (Lipinski definition) is 1. The summed E-state index contributed by atoms with van der Waals surface area (Å²) in [7, 11) is 1.64. The van der Waals surface area contributed by atoms with Gasteiger partial charge in [0.1, 0.15) is 5.75 Å². The lowest BCUT2D eigenvalue weighted by molar-refractivity contribution is 0.415. The van der Waals surface area contributed by atoms with Gasteiger partial charge in [-0.05, 0) is 42.3 Å². The smallest absolute Gasteiger partial charge is 0.250 e. The summed E-state index contributed by atoms with van der Waals surface area (Å²) in [4.78, 5) is 11.7. The van der Waals surface area contributed by atoms with Crippen LogP contribution in [0.5, 0.6) is 5.75 Å². The largest absolute Gasteiger partial charge is 0.497 e. The van der Waals surface area contributed by atoms with E-state index in [1.54, 1.807) is 17.7 Å². The van der Waals surface area contributed by atoms with Crippen LogP contribution in [0, 0.1) is 0 Å². The Kier molecular flexibility index (Phi) is 4.36. The average molecular weight is 258 g/mol. The zero-order valence-corrected chi connectivity index (χ0v) is 11.0. The van der Waals surface area contributed by atoms with E-state index >= 15 is 0 Å². The molecule has 1 heterocycles. The molecule has 1 aromatic carbocycles. The Bertz CT molecular complexity index is 605. The fourth-order valence-electron chi connectivity index (χ4n) is 1.94. The van der Waals surface area contributed by atoms with Crippen molar-refractivity contribution in [2.45, 2.75) is 13.0 Å². The minimum absolute atomic E-state index is 0.0000890. The van der Waals surface area contributed by atoms with Gasteiger partial charge in [-0.3, -0.25) is 4.79 Å². The molecule has 19 heavy (non-hydrogen) atoms. The molecular formula is C15H18N2O2. The minimum Gasteiger partial charge on any atom is -0.497 e. The van der Waals surface area contributed by atoms with Crippen molar-refractivity contribution < 1.29 is 4.74 Å². The molecule has 0 amide bonds. The molecule has 0 radical (unpaired) electrons. The molecule has 0 aliphatic heterocycles. The summed E-state index contributed by atoms with van der Waals surface area (Å²) in [5, 5.41) is 0. The van der Waals surface area contributed by atoms with Crippen LogP contribution < -0.4 is 16.0 Å². The third kappa shape index (κ3) is 3.23. The molecule has 2 aromatic rings. The van der Waals surface area contributed by atoms with E-state index in [1.165, 1.54) is 0 Å². The van der Waals surface area contributed by atoms with Crippen molar-refractivity contribution in [2.75, 3.05) is 13.7 Å². The van der Waals surface area contributed by atoms with Crippen LogP contribution in [0.25, 0.3) is 11.1 Å². The molecule has 0 fully saturated rings. The molecular weight excluding hydrogens is 240 g/mol. The van der Waals surface area contributed by atoms with Gasteiger partial charge in [0.25, 0.3) is 5.56 Å². The number of nitrogens with zero attached hydrogens (tertiary/aromatic N) is 1. The van der Waals surface area contributed by atoms with Crippen LogP contribution in [0.3, 0.4) is 0 Å². The third-order valence-corrected chi connectivity index (χ3v) is 2.99. The highest BCUT2D eigenvalue weighted by Gasteiger charge is 2.02. The van der Waals surface area contributed by atoms with E-state index in [1.807, 2.05) is 36.5 Å². The van der Waals surface area contributed by atoms with Crippen LogP contribution in [0.2, 0.25) is 0 Å². The lowest BCUT2D eigenvalue weighted by Gasteiger charge is -2.09. The van der Waals surface area contributed by atoms with Crippen LogP contribution in [-0.4, -0.2) is 18.2 Å². The van der Waals surface area contributed by atoms with Gasteiger partial charge in [-0.2, -0.15) is 0 Å². The Morgan fingerprint density at radius 3 is 2.79 bits per heavy atom.